The Morgan fingerprint density at radius 2 is 1.93 bits per heavy atom. The summed E-state index contributed by atoms with van der Waals surface area (Å²) in [5.74, 6) is -0.0323. The van der Waals surface area contributed by atoms with Gasteiger partial charge in [-0.2, -0.15) is 0 Å². The molecule has 0 aliphatic carbocycles. The first kappa shape index (κ1) is 18.9. The van der Waals surface area contributed by atoms with Gasteiger partial charge in [0, 0.05) is 24.3 Å². The van der Waals surface area contributed by atoms with Crippen molar-refractivity contribution in [1.82, 2.24) is 4.72 Å². The molecular weight excluding hydrogens is 392 g/mol. The highest BCUT2D eigenvalue weighted by molar-refractivity contribution is 7.91. The number of carbonyl (C=O) groups excluding carboxylic acids is 1. The zero-order chi connectivity index (χ0) is 19.7. The predicted molar refractivity (Wildman–Crippen MR) is 111 cm³/mol. The number of thiophene rings is 1. The van der Waals surface area contributed by atoms with Gasteiger partial charge in [-0.3, -0.25) is 4.79 Å². The van der Waals surface area contributed by atoms with E-state index in [4.69, 9.17) is 0 Å². The summed E-state index contributed by atoms with van der Waals surface area (Å²) in [5.41, 5.74) is 4.55. The Kier molecular flexibility index (Phi) is 5.05. The first-order valence-corrected chi connectivity index (χ1v) is 11.3. The van der Waals surface area contributed by atoms with Crippen LogP contribution >= 0.6 is 11.3 Å². The number of fused-ring (bicyclic) bond motifs is 1. The number of rotatable bonds is 5. The third-order valence-electron chi connectivity index (χ3n) is 4.82. The minimum absolute atomic E-state index is 0.0323. The maximum absolute atomic E-state index is 12.9. The van der Waals surface area contributed by atoms with E-state index in [1.165, 1.54) is 11.3 Å². The number of sulfonamides is 1. The summed E-state index contributed by atoms with van der Waals surface area (Å²) in [4.78, 5) is 14.7. The second-order valence-corrected chi connectivity index (χ2v) is 9.73. The van der Waals surface area contributed by atoms with Crippen molar-refractivity contribution >= 4 is 33.0 Å². The predicted octanol–water partition coefficient (Wildman–Crippen LogP) is 3.74. The smallest absolute Gasteiger partial charge is 0.258 e. The molecule has 1 aromatic heterocycles. The molecule has 5 nitrogen and oxygen atoms in total. The van der Waals surface area contributed by atoms with Crippen LogP contribution in [0.5, 0.6) is 0 Å². The number of nitrogens with one attached hydrogen (secondary N) is 1. The molecule has 1 aliphatic rings. The molecule has 28 heavy (non-hydrogen) atoms. The summed E-state index contributed by atoms with van der Waals surface area (Å²) < 4.78 is 27.6. The van der Waals surface area contributed by atoms with Gasteiger partial charge in [0.25, 0.3) is 5.91 Å². The normalized spacial score (nSPS) is 13.5. The SMILES string of the molecule is Cc1ccc(C(=O)N2CCc3ccc(CNS(=O)(=O)c4cccs4)cc32)cc1. The van der Waals surface area contributed by atoms with Gasteiger partial charge in [0.05, 0.1) is 0 Å². The second-order valence-electron chi connectivity index (χ2n) is 6.79. The molecule has 0 spiro atoms. The minimum Gasteiger partial charge on any atom is -0.308 e. The number of carbonyl (C=O) groups is 1. The highest BCUT2D eigenvalue weighted by atomic mass is 32.2. The molecule has 0 unspecified atom stereocenters. The number of hydrogen-bond donors (Lipinski definition) is 1. The van der Waals surface area contributed by atoms with Crippen molar-refractivity contribution in [3.8, 4) is 0 Å². The lowest BCUT2D eigenvalue weighted by Gasteiger charge is -2.18. The average Bonchev–Trinajstić information content (AvgIpc) is 3.36. The van der Waals surface area contributed by atoms with E-state index in [2.05, 4.69) is 4.72 Å². The zero-order valence-corrected chi connectivity index (χ0v) is 17.0. The largest absolute Gasteiger partial charge is 0.308 e. The molecular formula is C21H20N2O3S2. The van der Waals surface area contributed by atoms with E-state index in [1.807, 2.05) is 49.4 Å². The Hall–Kier alpha value is -2.48. The summed E-state index contributed by atoms with van der Waals surface area (Å²) in [6.07, 6.45) is 0.800. The van der Waals surface area contributed by atoms with Crippen LogP contribution in [0.25, 0.3) is 0 Å². The van der Waals surface area contributed by atoms with Crippen LogP contribution in [0.1, 0.15) is 27.0 Å². The van der Waals surface area contributed by atoms with E-state index >= 15 is 0 Å². The highest BCUT2D eigenvalue weighted by Gasteiger charge is 2.26. The lowest BCUT2D eigenvalue weighted by atomic mass is 10.1. The van der Waals surface area contributed by atoms with Crippen molar-refractivity contribution in [1.29, 1.82) is 0 Å². The van der Waals surface area contributed by atoms with Gasteiger partial charge in [0.15, 0.2) is 0 Å². The lowest BCUT2D eigenvalue weighted by molar-refractivity contribution is 0.0989. The van der Waals surface area contributed by atoms with Gasteiger partial charge >= 0.3 is 0 Å². The van der Waals surface area contributed by atoms with E-state index in [1.54, 1.807) is 22.4 Å². The van der Waals surface area contributed by atoms with Crippen molar-refractivity contribution in [3.05, 3.63) is 82.2 Å². The fraction of sp³-hybridized carbons (Fsp3) is 0.190. The number of aryl methyl sites for hydroxylation is 1. The van der Waals surface area contributed by atoms with E-state index in [0.717, 1.165) is 28.8 Å². The summed E-state index contributed by atoms with van der Waals surface area (Å²) in [7, 11) is -3.52. The molecule has 3 aromatic rings. The van der Waals surface area contributed by atoms with Crippen LogP contribution in [-0.2, 0) is 23.0 Å². The Morgan fingerprint density at radius 3 is 2.64 bits per heavy atom. The third kappa shape index (κ3) is 3.73. The Balaban J connectivity index is 1.54. The molecule has 1 amide bonds. The van der Waals surface area contributed by atoms with Gasteiger partial charge in [0.2, 0.25) is 10.0 Å². The molecule has 1 aliphatic heterocycles. The fourth-order valence-corrected chi connectivity index (χ4v) is 5.32. The fourth-order valence-electron chi connectivity index (χ4n) is 3.26. The van der Waals surface area contributed by atoms with Gasteiger partial charge < -0.3 is 4.90 Å². The van der Waals surface area contributed by atoms with Crippen LogP contribution < -0.4 is 9.62 Å². The number of hydrogen-bond acceptors (Lipinski definition) is 4. The van der Waals surface area contributed by atoms with Gasteiger partial charge in [-0.1, -0.05) is 35.9 Å². The molecule has 0 bridgehead atoms. The van der Waals surface area contributed by atoms with Crippen LogP contribution in [0.15, 0.2) is 64.2 Å². The standard InChI is InChI=1S/C21H20N2O3S2/c1-15-4-7-18(8-5-15)21(24)23-11-10-17-9-6-16(13-19(17)23)14-22-28(25,26)20-3-2-12-27-20/h2-9,12-13,22H,10-11,14H2,1H3. The van der Waals surface area contributed by atoms with E-state index < -0.39 is 10.0 Å². The van der Waals surface area contributed by atoms with Gasteiger partial charge in [-0.25, -0.2) is 13.1 Å². The number of nitrogens with zero attached hydrogens (tertiary/aromatic N) is 1. The molecule has 1 N–H and O–H groups in total. The molecule has 0 atom stereocenters. The van der Waals surface area contributed by atoms with Crippen LogP contribution in [0, 0.1) is 6.92 Å². The van der Waals surface area contributed by atoms with Crippen molar-refractivity contribution < 1.29 is 13.2 Å². The Bertz CT molecular complexity index is 1110. The first-order chi connectivity index (χ1) is 13.4. The Labute approximate surface area is 168 Å². The molecule has 0 fully saturated rings. The molecule has 0 radical (unpaired) electrons. The molecule has 2 heterocycles. The van der Waals surface area contributed by atoms with Crippen molar-refractivity contribution in [2.75, 3.05) is 11.4 Å². The van der Waals surface area contributed by atoms with Gasteiger partial charge in [-0.05, 0) is 54.1 Å². The van der Waals surface area contributed by atoms with Crippen LogP contribution in [0.4, 0.5) is 5.69 Å². The van der Waals surface area contributed by atoms with E-state index in [-0.39, 0.29) is 12.5 Å². The maximum Gasteiger partial charge on any atom is 0.258 e. The van der Waals surface area contributed by atoms with Crippen LogP contribution in [0.3, 0.4) is 0 Å². The summed E-state index contributed by atoms with van der Waals surface area (Å²) in [5, 5.41) is 1.73. The monoisotopic (exact) mass is 412 g/mol. The average molecular weight is 413 g/mol. The summed E-state index contributed by atoms with van der Waals surface area (Å²) >= 11 is 1.18. The van der Waals surface area contributed by atoms with Gasteiger partial charge in [0.1, 0.15) is 4.21 Å². The van der Waals surface area contributed by atoms with E-state index in [0.29, 0.717) is 16.3 Å². The molecule has 2 aromatic carbocycles. The number of benzene rings is 2. The summed E-state index contributed by atoms with van der Waals surface area (Å²) in [6, 6.07) is 16.6. The quantitative estimate of drug-likeness (QED) is 0.694. The Morgan fingerprint density at radius 1 is 1.14 bits per heavy atom. The molecule has 7 heteroatoms. The maximum atomic E-state index is 12.9. The molecule has 4 rings (SSSR count). The third-order valence-corrected chi connectivity index (χ3v) is 7.61. The van der Waals surface area contributed by atoms with Crippen molar-refractivity contribution in [3.63, 3.8) is 0 Å². The topological polar surface area (TPSA) is 66.5 Å². The minimum atomic E-state index is -3.52. The second kappa shape index (κ2) is 7.50. The van der Waals surface area contributed by atoms with E-state index in [9.17, 15) is 13.2 Å². The first-order valence-electron chi connectivity index (χ1n) is 8.97. The van der Waals surface area contributed by atoms with Crippen molar-refractivity contribution in [2.45, 2.75) is 24.1 Å². The van der Waals surface area contributed by atoms with Crippen LogP contribution in [-0.4, -0.2) is 20.9 Å². The number of anilines is 1. The number of amides is 1. The zero-order valence-electron chi connectivity index (χ0n) is 15.4. The molecule has 144 valence electrons. The van der Waals surface area contributed by atoms with Crippen LogP contribution in [0.2, 0.25) is 0 Å². The lowest BCUT2D eigenvalue weighted by Crippen LogP contribution is -2.29. The molecule has 0 saturated heterocycles. The molecule has 0 saturated carbocycles. The van der Waals surface area contributed by atoms with Crippen molar-refractivity contribution in [2.24, 2.45) is 0 Å². The summed E-state index contributed by atoms with van der Waals surface area (Å²) in [6.45, 7) is 2.80. The van der Waals surface area contributed by atoms with Gasteiger partial charge in [-0.15, -0.1) is 11.3 Å². The highest BCUT2D eigenvalue weighted by Crippen LogP contribution is 2.30.